The number of hydrogen-bond donors (Lipinski definition) is 2. The number of carboxylic acid groups (broad SMARTS) is 1. The number of amides is 1. The van der Waals surface area contributed by atoms with Gasteiger partial charge in [-0.2, -0.15) is 0 Å². The Morgan fingerprint density at radius 1 is 1.04 bits per heavy atom. The maximum Gasteiger partial charge on any atom is 0.337 e. The number of pyridine rings is 1. The van der Waals surface area contributed by atoms with Crippen LogP contribution >= 0.6 is 0 Å². The molecule has 4 rings (SSSR count). The van der Waals surface area contributed by atoms with Gasteiger partial charge < -0.3 is 14.8 Å². The van der Waals surface area contributed by atoms with Crippen molar-refractivity contribution in [3.8, 4) is 0 Å². The van der Waals surface area contributed by atoms with E-state index in [0.29, 0.717) is 5.69 Å². The van der Waals surface area contributed by atoms with Crippen molar-refractivity contribution in [1.82, 2.24) is 9.38 Å². The van der Waals surface area contributed by atoms with Crippen molar-refractivity contribution in [2.24, 2.45) is 0 Å². The van der Waals surface area contributed by atoms with Gasteiger partial charge in [-0.3, -0.25) is 4.79 Å². The van der Waals surface area contributed by atoms with E-state index in [4.69, 9.17) is 0 Å². The van der Waals surface area contributed by atoms with E-state index in [2.05, 4.69) is 10.3 Å². The number of nitrogens with zero attached hydrogens (tertiary/aromatic N) is 2. The lowest BCUT2D eigenvalue weighted by Crippen LogP contribution is -2.17. The largest absolute Gasteiger partial charge is 0.478 e. The Balaban J connectivity index is 1.62. The number of aromatic nitrogens is 2. The van der Waals surface area contributed by atoms with Crippen LogP contribution in [0, 0.1) is 0 Å². The molecule has 2 aromatic carbocycles. The van der Waals surface area contributed by atoms with Gasteiger partial charge in [0, 0.05) is 12.4 Å². The van der Waals surface area contributed by atoms with Crippen LogP contribution in [-0.4, -0.2) is 26.4 Å². The Labute approximate surface area is 148 Å². The standard InChI is InChI=1S/C20H15N3O3/c24-19(11-15-12-23-8-4-3-7-18(23)21-15)22-17-10-14-6-2-1-5-13(14)9-16(17)20(25)26/h1-10,12H,11H2,(H,22,24)(H,25,26). The molecule has 26 heavy (non-hydrogen) atoms. The Bertz CT molecular complexity index is 1110. The first kappa shape index (κ1) is 15.8. The van der Waals surface area contributed by atoms with Gasteiger partial charge in [0.05, 0.1) is 23.4 Å². The van der Waals surface area contributed by atoms with E-state index in [-0.39, 0.29) is 23.6 Å². The number of carboxylic acids is 1. The summed E-state index contributed by atoms with van der Waals surface area (Å²) in [5, 5.41) is 13.8. The van der Waals surface area contributed by atoms with Crippen LogP contribution in [0.5, 0.6) is 0 Å². The highest BCUT2D eigenvalue weighted by atomic mass is 16.4. The summed E-state index contributed by atoms with van der Waals surface area (Å²) in [7, 11) is 0. The molecular formula is C20H15N3O3. The van der Waals surface area contributed by atoms with Crippen LogP contribution in [-0.2, 0) is 11.2 Å². The van der Waals surface area contributed by atoms with Crippen molar-refractivity contribution < 1.29 is 14.7 Å². The predicted molar refractivity (Wildman–Crippen MR) is 98.4 cm³/mol. The van der Waals surface area contributed by atoms with E-state index in [1.165, 1.54) is 0 Å². The van der Waals surface area contributed by atoms with E-state index in [1.54, 1.807) is 18.3 Å². The first-order valence-corrected chi connectivity index (χ1v) is 8.09. The lowest BCUT2D eigenvalue weighted by Gasteiger charge is -2.10. The summed E-state index contributed by atoms with van der Waals surface area (Å²) in [6.45, 7) is 0. The molecule has 6 nitrogen and oxygen atoms in total. The molecule has 0 atom stereocenters. The van der Waals surface area contributed by atoms with Gasteiger partial charge >= 0.3 is 5.97 Å². The Morgan fingerprint density at radius 2 is 1.77 bits per heavy atom. The van der Waals surface area contributed by atoms with Crippen LogP contribution in [0.3, 0.4) is 0 Å². The summed E-state index contributed by atoms with van der Waals surface area (Å²) in [6, 6.07) is 16.3. The highest BCUT2D eigenvalue weighted by molar-refractivity contribution is 6.05. The van der Waals surface area contributed by atoms with E-state index < -0.39 is 5.97 Å². The molecule has 0 fully saturated rings. The molecule has 0 spiro atoms. The van der Waals surface area contributed by atoms with Gasteiger partial charge in [0.1, 0.15) is 5.65 Å². The number of anilines is 1. The van der Waals surface area contributed by atoms with E-state index in [9.17, 15) is 14.7 Å². The third-order valence-corrected chi connectivity index (χ3v) is 4.15. The van der Waals surface area contributed by atoms with Crippen molar-refractivity contribution >= 4 is 34.0 Å². The molecule has 0 aliphatic heterocycles. The van der Waals surface area contributed by atoms with Crippen molar-refractivity contribution in [3.63, 3.8) is 0 Å². The third kappa shape index (κ3) is 3.00. The number of fused-ring (bicyclic) bond motifs is 2. The van der Waals surface area contributed by atoms with E-state index in [1.807, 2.05) is 53.1 Å². The fraction of sp³-hybridized carbons (Fsp3) is 0.0500. The highest BCUT2D eigenvalue weighted by Gasteiger charge is 2.15. The van der Waals surface area contributed by atoms with Gasteiger partial charge in [-0.05, 0) is 35.0 Å². The van der Waals surface area contributed by atoms with Gasteiger partial charge in [0.2, 0.25) is 5.91 Å². The molecule has 0 saturated heterocycles. The minimum absolute atomic E-state index is 0.0621. The molecule has 6 heteroatoms. The maximum absolute atomic E-state index is 12.4. The summed E-state index contributed by atoms with van der Waals surface area (Å²) >= 11 is 0. The van der Waals surface area contributed by atoms with Gasteiger partial charge in [-0.25, -0.2) is 9.78 Å². The van der Waals surface area contributed by atoms with E-state index in [0.717, 1.165) is 16.4 Å². The summed E-state index contributed by atoms with van der Waals surface area (Å²) in [5.41, 5.74) is 1.72. The van der Waals surface area contributed by atoms with Crippen LogP contribution in [0.25, 0.3) is 16.4 Å². The molecule has 0 saturated carbocycles. The Hall–Kier alpha value is -3.67. The van der Waals surface area contributed by atoms with Crippen LogP contribution in [0.15, 0.2) is 67.0 Å². The number of imidazole rings is 1. The first-order valence-electron chi connectivity index (χ1n) is 8.09. The average molecular weight is 345 g/mol. The zero-order valence-electron chi connectivity index (χ0n) is 13.7. The average Bonchev–Trinajstić information content (AvgIpc) is 3.03. The zero-order chi connectivity index (χ0) is 18.1. The molecule has 0 bridgehead atoms. The van der Waals surface area contributed by atoms with Crippen molar-refractivity contribution in [2.45, 2.75) is 6.42 Å². The summed E-state index contributed by atoms with van der Waals surface area (Å²) in [5.74, 6) is -1.40. The second-order valence-corrected chi connectivity index (χ2v) is 5.97. The van der Waals surface area contributed by atoms with Crippen molar-refractivity contribution in [2.75, 3.05) is 5.32 Å². The quantitative estimate of drug-likeness (QED) is 0.594. The molecule has 0 unspecified atom stereocenters. The van der Waals surface area contributed by atoms with Crippen LogP contribution in [0.4, 0.5) is 5.69 Å². The van der Waals surface area contributed by atoms with E-state index >= 15 is 0 Å². The lowest BCUT2D eigenvalue weighted by molar-refractivity contribution is -0.115. The molecule has 0 aliphatic rings. The molecular weight excluding hydrogens is 330 g/mol. The van der Waals surface area contributed by atoms with Gasteiger partial charge in [0.15, 0.2) is 0 Å². The fourth-order valence-corrected chi connectivity index (χ4v) is 2.95. The predicted octanol–water partition coefficient (Wildman–Crippen LogP) is 3.37. The fourth-order valence-electron chi connectivity index (χ4n) is 2.95. The topological polar surface area (TPSA) is 83.7 Å². The van der Waals surface area contributed by atoms with Crippen molar-refractivity contribution in [1.29, 1.82) is 0 Å². The molecule has 1 amide bonds. The molecule has 0 aliphatic carbocycles. The van der Waals surface area contributed by atoms with Crippen molar-refractivity contribution in [3.05, 3.63) is 78.2 Å². The number of aromatic carboxylic acids is 1. The normalized spacial score (nSPS) is 10.9. The number of nitrogens with one attached hydrogen (secondary N) is 1. The smallest absolute Gasteiger partial charge is 0.337 e. The maximum atomic E-state index is 12.4. The first-order chi connectivity index (χ1) is 12.6. The Morgan fingerprint density at radius 3 is 2.50 bits per heavy atom. The zero-order valence-corrected chi connectivity index (χ0v) is 13.7. The summed E-state index contributed by atoms with van der Waals surface area (Å²) < 4.78 is 1.83. The molecule has 2 N–H and O–H groups in total. The Kier molecular flexibility index (Phi) is 3.85. The van der Waals surface area contributed by atoms with Gasteiger partial charge in [-0.15, -0.1) is 0 Å². The number of carbonyl (C=O) groups is 2. The molecule has 128 valence electrons. The van der Waals surface area contributed by atoms with Gasteiger partial charge in [-0.1, -0.05) is 30.3 Å². The third-order valence-electron chi connectivity index (χ3n) is 4.15. The SMILES string of the molecule is O=C(Cc1cn2ccccc2n1)Nc1cc2ccccc2cc1C(=O)O. The highest BCUT2D eigenvalue weighted by Crippen LogP contribution is 2.24. The second-order valence-electron chi connectivity index (χ2n) is 5.97. The number of carbonyl (C=O) groups excluding carboxylic acids is 1. The molecule has 2 aromatic heterocycles. The molecule has 4 aromatic rings. The molecule has 2 heterocycles. The van der Waals surface area contributed by atoms with Crippen LogP contribution < -0.4 is 5.32 Å². The molecule has 0 radical (unpaired) electrons. The second kappa shape index (κ2) is 6.33. The monoisotopic (exact) mass is 345 g/mol. The van der Waals surface area contributed by atoms with Gasteiger partial charge in [0.25, 0.3) is 0 Å². The number of hydrogen-bond acceptors (Lipinski definition) is 3. The summed E-state index contributed by atoms with van der Waals surface area (Å²) in [4.78, 5) is 28.4. The number of rotatable bonds is 4. The number of benzene rings is 2. The minimum atomic E-state index is -1.08. The van der Waals surface area contributed by atoms with Crippen LogP contribution in [0.1, 0.15) is 16.1 Å². The van der Waals surface area contributed by atoms with Crippen LogP contribution in [0.2, 0.25) is 0 Å². The summed E-state index contributed by atoms with van der Waals surface area (Å²) in [6.07, 6.45) is 3.70. The lowest BCUT2D eigenvalue weighted by atomic mass is 10.0. The minimum Gasteiger partial charge on any atom is -0.478 e.